The number of halogens is 1. The molecule has 0 radical (unpaired) electrons. The van der Waals surface area contributed by atoms with E-state index in [0.717, 1.165) is 28.5 Å². The fourth-order valence-electron chi connectivity index (χ4n) is 2.00. The molecule has 1 heterocycles. The molecule has 2 aromatic carbocycles. The van der Waals surface area contributed by atoms with E-state index in [0.29, 0.717) is 11.0 Å². The van der Waals surface area contributed by atoms with Crippen molar-refractivity contribution in [3.63, 3.8) is 0 Å². The number of nitrogens with one attached hydrogen (secondary N) is 1. The number of benzene rings is 2. The van der Waals surface area contributed by atoms with E-state index < -0.39 is 0 Å². The van der Waals surface area contributed by atoms with Crippen LogP contribution in [-0.4, -0.2) is 8.94 Å². The van der Waals surface area contributed by atoms with E-state index in [-0.39, 0.29) is 4.87 Å². The van der Waals surface area contributed by atoms with Gasteiger partial charge in [-0.3, -0.25) is 4.79 Å². The molecule has 1 aromatic heterocycles. The Morgan fingerprint density at radius 3 is 2.67 bits per heavy atom. The molecule has 0 bridgehead atoms. The van der Waals surface area contributed by atoms with E-state index in [1.165, 1.54) is 4.57 Å². The van der Waals surface area contributed by atoms with Crippen molar-refractivity contribution in [2.75, 3.05) is 5.32 Å². The highest BCUT2D eigenvalue weighted by Gasteiger charge is 2.11. The van der Waals surface area contributed by atoms with E-state index in [1.54, 1.807) is 24.3 Å². The lowest BCUT2D eigenvalue weighted by Gasteiger charge is -2.09. The monoisotopic (exact) mass is 317 g/mol. The number of hydrogen-bond donors (Lipinski definition) is 1. The summed E-state index contributed by atoms with van der Waals surface area (Å²) in [6.45, 7) is 2.01. The minimum Gasteiger partial charge on any atom is -0.324 e. The Hall–Kier alpha value is -2.11. The highest BCUT2D eigenvalue weighted by atomic mass is 35.5. The number of hydrogen-bond acceptors (Lipinski definition) is 4. The Morgan fingerprint density at radius 2 is 1.95 bits per heavy atom. The van der Waals surface area contributed by atoms with Crippen LogP contribution in [0, 0.1) is 6.92 Å². The smallest absolute Gasteiger partial charge is 0.324 e. The van der Waals surface area contributed by atoms with Gasteiger partial charge < -0.3 is 5.32 Å². The van der Waals surface area contributed by atoms with Crippen molar-refractivity contribution in [2.45, 2.75) is 6.92 Å². The largest absolute Gasteiger partial charge is 0.332 e. The molecule has 0 fully saturated rings. The van der Waals surface area contributed by atoms with Gasteiger partial charge in [0.15, 0.2) is 0 Å². The van der Waals surface area contributed by atoms with Crippen molar-refractivity contribution in [1.82, 2.24) is 8.94 Å². The average molecular weight is 318 g/mol. The highest BCUT2D eigenvalue weighted by molar-refractivity contribution is 7.03. The summed E-state index contributed by atoms with van der Waals surface area (Å²) in [6, 6.07) is 15.0. The third-order valence-corrected chi connectivity index (χ3v) is 3.82. The van der Waals surface area contributed by atoms with Gasteiger partial charge in [0.2, 0.25) is 5.95 Å². The predicted octanol–water partition coefficient (Wildman–Crippen LogP) is 4.00. The van der Waals surface area contributed by atoms with Crippen molar-refractivity contribution in [2.24, 2.45) is 0 Å². The van der Waals surface area contributed by atoms with Gasteiger partial charge >= 0.3 is 4.87 Å². The zero-order valence-electron chi connectivity index (χ0n) is 11.2. The van der Waals surface area contributed by atoms with Crippen LogP contribution in [0.1, 0.15) is 5.56 Å². The molecule has 0 aliphatic heterocycles. The number of aryl methyl sites for hydroxylation is 1. The molecule has 0 aliphatic carbocycles. The zero-order chi connectivity index (χ0) is 14.8. The first-order valence-electron chi connectivity index (χ1n) is 6.32. The first-order chi connectivity index (χ1) is 10.1. The molecule has 3 aromatic rings. The lowest BCUT2D eigenvalue weighted by Crippen LogP contribution is -2.13. The molecule has 0 atom stereocenters. The maximum atomic E-state index is 12.0. The lowest BCUT2D eigenvalue weighted by atomic mass is 10.2. The molecule has 0 aliphatic rings. The van der Waals surface area contributed by atoms with Gasteiger partial charge in [-0.2, -0.15) is 4.37 Å². The van der Waals surface area contributed by atoms with Crippen LogP contribution in [0.4, 0.5) is 11.6 Å². The maximum absolute atomic E-state index is 12.0. The van der Waals surface area contributed by atoms with Crippen molar-refractivity contribution >= 4 is 34.8 Å². The van der Waals surface area contributed by atoms with Crippen molar-refractivity contribution in [3.8, 4) is 5.69 Å². The minimum atomic E-state index is -0.146. The van der Waals surface area contributed by atoms with Crippen LogP contribution in [0.25, 0.3) is 5.69 Å². The van der Waals surface area contributed by atoms with Gasteiger partial charge in [0, 0.05) is 22.2 Å². The number of rotatable bonds is 3. The lowest BCUT2D eigenvalue weighted by molar-refractivity contribution is 1.03. The second-order valence-electron chi connectivity index (χ2n) is 4.58. The average Bonchev–Trinajstić information content (AvgIpc) is 2.81. The molecule has 3 rings (SSSR count). The van der Waals surface area contributed by atoms with Gasteiger partial charge in [-0.15, -0.1) is 0 Å². The van der Waals surface area contributed by atoms with Crippen molar-refractivity contribution in [1.29, 1.82) is 0 Å². The quantitative estimate of drug-likeness (QED) is 0.794. The van der Waals surface area contributed by atoms with E-state index in [4.69, 9.17) is 11.6 Å². The fourth-order valence-corrected chi connectivity index (χ4v) is 2.69. The third-order valence-electron chi connectivity index (χ3n) is 2.96. The topological polar surface area (TPSA) is 46.9 Å². The third kappa shape index (κ3) is 2.99. The molecule has 1 N–H and O–H groups in total. The first-order valence-corrected chi connectivity index (χ1v) is 7.47. The van der Waals surface area contributed by atoms with Gasteiger partial charge in [-0.05, 0) is 48.9 Å². The van der Waals surface area contributed by atoms with E-state index in [2.05, 4.69) is 9.69 Å². The molecule has 0 unspecified atom stereocenters. The first kappa shape index (κ1) is 13.9. The minimum absolute atomic E-state index is 0.146. The Bertz CT molecular complexity index is 823. The second-order valence-corrected chi connectivity index (χ2v) is 5.73. The van der Waals surface area contributed by atoms with E-state index in [1.807, 2.05) is 31.2 Å². The molecule has 0 amide bonds. The Kier molecular flexibility index (Phi) is 3.77. The van der Waals surface area contributed by atoms with Crippen LogP contribution in [0.3, 0.4) is 0 Å². The number of anilines is 2. The van der Waals surface area contributed by atoms with Crippen LogP contribution in [0.2, 0.25) is 5.02 Å². The molecular weight excluding hydrogens is 306 g/mol. The summed E-state index contributed by atoms with van der Waals surface area (Å²) in [5.74, 6) is 0.498. The normalized spacial score (nSPS) is 10.6. The van der Waals surface area contributed by atoms with E-state index >= 15 is 0 Å². The van der Waals surface area contributed by atoms with Gasteiger partial charge in [-0.25, -0.2) is 4.57 Å². The summed E-state index contributed by atoms with van der Waals surface area (Å²) in [6.07, 6.45) is 0. The Labute approximate surface area is 130 Å². The number of aromatic nitrogens is 2. The van der Waals surface area contributed by atoms with Gasteiger partial charge in [0.1, 0.15) is 0 Å². The van der Waals surface area contributed by atoms with Crippen LogP contribution >= 0.6 is 23.1 Å². The fraction of sp³-hybridized carbons (Fsp3) is 0.0667. The summed E-state index contributed by atoms with van der Waals surface area (Å²) in [4.78, 5) is 11.9. The summed E-state index contributed by atoms with van der Waals surface area (Å²) in [7, 11) is 0. The maximum Gasteiger partial charge on any atom is 0.332 e. The second kappa shape index (κ2) is 5.71. The molecule has 0 spiro atoms. The molecule has 0 saturated carbocycles. The number of nitrogens with zero attached hydrogens (tertiary/aromatic N) is 2. The molecule has 6 heteroatoms. The molecule has 0 saturated heterocycles. The SMILES string of the molecule is Cc1cccc(Nc2nsc(=O)n2-c2ccc(Cl)cc2)c1. The van der Waals surface area contributed by atoms with Crippen molar-refractivity contribution < 1.29 is 0 Å². The van der Waals surface area contributed by atoms with E-state index in [9.17, 15) is 4.79 Å². The molecule has 4 nitrogen and oxygen atoms in total. The summed E-state index contributed by atoms with van der Waals surface area (Å²) < 4.78 is 5.72. The molecule has 21 heavy (non-hydrogen) atoms. The molecular formula is C15H12ClN3OS. The molecule has 106 valence electrons. The summed E-state index contributed by atoms with van der Waals surface area (Å²) in [5, 5.41) is 3.80. The van der Waals surface area contributed by atoms with Crippen LogP contribution in [0.5, 0.6) is 0 Å². The standard InChI is InChI=1S/C15H12ClN3OS/c1-10-3-2-4-12(9-10)17-14-18-21-15(20)19(14)13-7-5-11(16)6-8-13/h2-9H,1H3,(H,17,18). The van der Waals surface area contributed by atoms with Crippen molar-refractivity contribution in [3.05, 3.63) is 68.8 Å². The van der Waals surface area contributed by atoms with Gasteiger partial charge in [-0.1, -0.05) is 23.7 Å². The summed E-state index contributed by atoms with van der Waals surface area (Å²) >= 11 is 6.80. The Morgan fingerprint density at radius 1 is 1.19 bits per heavy atom. The predicted molar refractivity (Wildman–Crippen MR) is 87.2 cm³/mol. The summed E-state index contributed by atoms with van der Waals surface area (Å²) in [5.41, 5.74) is 2.76. The Balaban J connectivity index is 2.01. The van der Waals surface area contributed by atoms with Crippen LogP contribution in [0.15, 0.2) is 53.3 Å². The van der Waals surface area contributed by atoms with Gasteiger partial charge in [0.05, 0.1) is 5.69 Å². The van der Waals surface area contributed by atoms with Gasteiger partial charge in [0.25, 0.3) is 0 Å². The van der Waals surface area contributed by atoms with Crippen LogP contribution < -0.4 is 10.2 Å². The zero-order valence-corrected chi connectivity index (χ0v) is 12.8. The highest BCUT2D eigenvalue weighted by Crippen LogP contribution is 2.20. The van der Waals surface area contributed by atoms with Crippen LogP contribution in [-0.2, 0) is 0 Å².